The Kier molecular flexibility index (Phi) is 2.63. The second-order valence-electron chi connectivity index (χ2n) is 3.34. The summed E-state index contributed by atoms with van der Waals surface area (Å²) in [7, 11) is 0. The normalized spacial score (nSPS) is 17.1. The molecular formula is C10H8Br2O4. The van der Waals surface area contributed by atoms with Crippen LogP contribution in [-0.4, -0.2) is 26.4 Å². The molecule has 16 heavy (non-hydrogen) atoms. The molecule has 0 bridgehead atoms. The minimum Gasteiger partial charge on any atom is -0.485 e. The Morgan fingerprint density at radius 2 is 0.812 bits per heavy atom. The first-order valence-electron chi connectivity index (χ1n) is 4.85. The van der Waals surface area contributed by atoms with Crippen LogP contribution in [0.2, 0.25) is 0 Å². The highest BCUT2D eigenvalue weighted by atomic mass is 79.9. The highest BCUT2D eigenvalue weighted by Crippen LogP contribution is 2.55. The van der Waals surface area contributed by atoms with Gasteiger partial charge in [0.05, 0.1) is 0 Å². The topological polar surface area (TPSA) is 36.9 Å². The van der Waals surface area contributed by atoms with Gasteiger partial charge >= 0.3 is 0 Å². The quantitative estimate of drug-likeness (QED) is 0.720. The van der Waals surface area contributed by atoms with Crippen LogP contribution in [0, 0.1) is 0 Å². The van der Waals surface area contributed by atoms with E-state index < -0.39 is 0 Å². The lowest BCUT2D eigenvalue weighted by Gasteiger charge is -2.27. The molecule has 4 nitrogen and oxygen atoms in total. The number of ether oxygens (including phenoxy) is 4. The third kappa shape index (κ3) is 1.47. The molecule has 0 spiro atoms. The molecule has 0 saturated carbocycles. The maximum absolute atomic E-state index is 5.56. The van der Waals surface area contributed by atoms with Crippen molar-refractivity contribution in [2.24, 2.45) is 0 Å². The lowest BCUT2D eigenvalue weighted by Crippen LogP contribution is -2.20. The minimum absolute atomic E-state index is 0.539. The zero-order valence-electron chi connectivity index (χ0n) is 8.22. The van der Waals surface area contributed by atoms with Crippen LogP contribution in [0.3, 0.4) is 0 Å². The molecule has 0 amide bonds. The Labute approximate surface area is 109 Å². The molecule has 0 unspecified atom stereocenters. The predicted octanol–water partition coefficient (Wildman–Crippen LogP) is 2.75. The van der Waals surface area contributed by atoms with Crippen LogP contribution in [0.15, 0.2) is 8.95 Å². The molecule has 0 aromatic heterocycles. The van der Waals surface area contributed by atoms with Crippen LogP contribution in [0.1, 0.15) is 0 Å². The van der Waals surface area contributed by atoms with E-state index >= 15 is 0 Å². The second kappa shape index (κ2) is 4.00. The fraction of sp³-hybridized carbons (Fsp3) is 0.400. The Hall–Kier alpha value is -0.620. The Balaban J connectivity index is 2.24. The summed E-state index contributed by atoms with van der Waals surface area (Å²) in [6.07, 6.45) is 0. The van der Waals surface area contributed by atoms with E-state index in [0.717, 1.165) is 8.95 Å². The van der Waals surface area contributed by atoms with Crippen molar-refractivity contribution in [2.45, 2.75) is 0 Å². The van der Waals surface area contributed by atoms with Crippen molar-refractivity contribution in [1.82, 2.24) is 0 Å². The molecule has 0 radical (unpaired) electrons. The lowest BCUT2D eigenvalue weighted by molar-refractivity contribution is 0.149. The summed E-state index contributed by atoms with van der Waals surface area (Å²) >= 11 is 6.91. The Bertz CT molecular complexity index is 369. The molecule has 1 aromatic carbocycles. The largest absolute Gasteiger partial charge is 0.485 e. The first-order chi connectivity index (χ1) is 7.79. The summed E-state index contributed by atoms with van der Waals surface area (Å²) in [5, 5.41) is 0. The molecule has 3 rings (SSSR count). The predicted molar refractivity (Wildman–Crippen MR) is 63.8 cm³/mol. The summed E-state index contributed by atoms with van der Waals surface area (Å²) in [5.74, 6) is 2.68. The number of hydrogen-bond acceptors (Lipinski definition) is 4. The van der Waals surface area contributed by atoms with Crippen molar-refractivity contribution in [3.05, 3.63) is 8.95 Å². The number of hydrogen-bond donors (Lipinski definition) is 0. The fourth-order valence-corrected chi connectivity index (χ4v) is 2.87. The average molecular weight is 352 g/mol. The fourth-order valence-electron chi connectivity index (χ4n) is 1.70. The van der Waals surface area contributed by atoms with E-state index in [4.69, 9.17) is 18.9 Å². The van der Waals surface area contributed by atoms with Gasteiger partial charge in [-0.25, -0.2) is 0 Å². The Morgan fingerprint density at radius 3 is 1.06 bits per heavy atom. The third-order valence-electron chi connectivity index (χ3n) is 2.36. The summed E-state index contributed by atoms with van der Waals surface area (Å²) in [5.41, 5.74) is 0. The molecule has 0 saturated heterocycles. The molecule has 0 N–H and O–H groups in total. The van der Waals surface area contributed by atoms with Gasteiger partial charge in [0.25, 0.3) is 0 Å². The van der Waals surface area contributed by atoms with Crippen molar-refractivity contribution in [3.8, 4) is 23.0 Å². The zero-order chi connectivity index (χ0) is 11.1. The zero-order valence-corrected chi connectivity index (χ0v) is 11.4. The van der Waals surface area contributed by atoms with Crippen LogP contribution >= 0.6 is 31.9 Å². The van der Waals surface area contributed by atoms with Crippen LogP contribution in [0.25, 0.3) is 0 Å². The van der Waals surface area contributed by atoms with Crippen molar-refractivity contribution in [1.29, 1.82) is 0 Å². The third-order valence-corrected chi connectivity index (χ3v) is 3.80. The lowest BCUT2D eigenvalue weighted by atomic mass is 10.2. The van der Waals surface area contributed by atoms with E-state index in [2.05, 4.69) is 31.9 Å². The van der Waals surface area contributed by atoms with E-state index in [1.54, 1.807) is 0 Å². The molecule has 2 aliphatic rings. The van der Waals surface area contributed by atoms with E-state index in [1.165, 1.54) is 0 Å². The SMILES string of the molecule is Brc1c2c(c(Br)c3c1OCCO3)OCCO2. The molecular weight excluding hydrogens is 344 g/mol. The summed E-state index contributed by atoms with van der Waals surface area (Å²) in [6, 6.07) is 0. The standard InChI is InChI=1S/C10H8Br2O4/c11-5-7-8(14-2-1-13-7)6(12)10-9(5)15-3-4-16-10/h1-4H2. The van der Waals surface area contributed by atoms with Gasteiger partial charge in [0, 0.05) is 0 Å². The first kappa shape index (κ1) is 10.5. The van der Waals surface area contributed by atoms with Gasteiger partial charge in [-0.05, 0) is 31.9 Å². The number of benzene rings is 1. The van der Waals surface area contributed by atoms with Gasteiger partial charge in [-0.15, -0.1) is 0 Å². The molecule has 0 aliphatic carbocycles. The number of rotatable bonds is 0. The summed E-state index contributed by atoms with van der Waals surface area (Å²) in [6.45, 7) is 2.16. The number of halogens is 2. The molecule has 86 valence electrons. The van der Waals surface area contributed by atoms with Gasteiger partial charge in [-0.3, -0.25) is 0 Å². The highest BCUT2D eigenvalue weighted by Gasteiger charge is 2.30. The molecule has 6 heteroatoms. The molecule has 1 aromatic rings. The Morgan fingerprint density at radius 1 is 0.562 bits per heavy atom. The summed E-state index contributed by atoms with van der Waals surface area (Å²) < 4.78 is 23.8. The highest BCUT2D eigenvalue weighted by molar-refractivity contribution is 9.11. The average Bonchev–Trinajstić information content (AvgIpc) is 2.36. The maximum atomic E-state index is 5.56. The second-order valence-corrected chi connectivity index (χ2v) is 4.92. The van der Waals surface area contributed by atoms with E-state index in [-0.39, 0.29) is 0 Å². The van der Waals surface area contributed by atoms with Crippen molar-refractivity contribution < 1.29 is 18.9 Å². The minimum atomic E-state index is 0.539. The van der Waals surface area contributed by atoms with Gasteiger partial charge in [0.15, 0.2) is 23.0 Å². The van der Waals surface area contributed by atoms with Crippen LogP contribution in [0.5, 0.6) is 23.0 Å². The van der Waals surface area contributed by atoms with E-state index in [9.17, 15) is 0 Å². The van der Waals surface area contributed by atoms with Gasteiger partial charge < -0.3 is 18.9 Å². The van der Waals surface area contributed by atoms with Gasteiger partial charge in [-0.1, -0.05) is 0 Å². The van der Waals surface area contributed by atoms with Gasteiger partial charge in [-0.2, -0.15) is 0 Å². The maximum Gasteiger partial charge on any atom is 0.180 e. The molecule has 0 atom stereocenters. The first-order valence-corrected chi connectivity index (χ1v) is 6.44. The van der Waals surface area contributed by atoms with E-state index in [0.29, 0.717) is 49.4 Å². The van der Waals surface area contributed by atoms with Gasteiger partial charge in [0.1, 0.15) is 35.4 Å². The smallest absolute Gasteiger partial charge is 0.180 e. The van der Waals surface area contributed by atoms with Crippen LogP contribution in [-0.2, 0) is 0 Å². The van der Waals surface area contributed by atoms with E-state index in [1.807, 2.05) is 0 Å². The van der Waals surface area contributed by atoms with Gasteiger partial charge in [0.2, 0.25) is 0 Å². The van der Waals surface area contributed by atoms with Crippen molar-refractivity contribution in [2.75, 3.05) is 26.4 Å². The van der Waals surface area contributed by atoms with Crippen LogP contribution < -0.4 is 18.9 Å². The summed E-state index contributed by atoms with van der Waals surface area (Å²) in [4.78, 5) is 0. The van der Waals surface area contributed by atoms with Crippen molar-refractivity contribution >= 4 is 31.9 Å². The monoisotopic (exact) mass is 350 g/mol. The molecule has 2 heterocycles. The van der Waals surface area contributed by atoms with Crippen molar-refractivity contribution in [3.63, 3.8) is 0 Å². The molecule has 2 aliphatic heterocycles. The van der Waals surface area contributed by atoms with Crippen LogP contribution in [0.4, 0.5) is 0 Å². The molecule has 0 fully saturated rings. The number of fused-ring (bicyclic) bond motifs is 2.